The molecule has 0 aliphatic carbocycles. The van der Waals surface area contributed by atoms with Gasteiger partial charge in [-0.15, -0.1) is 0 Å². The molecule has 4 rings (SSSR count). The summed E-state index contributed by atoms with van der Waals surface area (Å²) in [6.07, 6.45) is -15.1. The molecule has 0 fully saturated rings. The van der Waals surface area contributed by atoms with Crippen molar-refractivity contribution in [2.45, 2.75) is 51.1 Å². The number of hydrogen-bond donors (Lipinski definition) is 1. The highest BCUT2D eigenvalue weighted by Gasteiger charge is 2.44. The molecule has 0 amide bonds. The van der Waals surface area contributed by atoms with E-state index in [0.29, 0.717) is 22.7 Å². The first-order valence-electron chi connectivity index (χ1n) is 13.6. The molecule has 1 N–H and O–H groups in total. The van der Waals surface area contributed by atoms with Crippen LogP contribution in [0, 0.1) is 0 Å². The van der Waals surface area contributed by atoms with Crippen molar-refractivity contribution in [3.05, 3.63) is 119 Å². The van der Waals surface area contributed by atoms with E-state index in [0.717, 1.165) is 23.8 Å². The topological polar surface area (TPSA) is 41.9 Å². The molecular formula is C33H30F7NO3. The smallest absolute Gasteiger partial charge is 0.457 e. The van der Waals surface area contributed by atoms with Crippen molar-refractivity contribution in [1.82, 2.24) is 0 Å². The van der Waals surface area contributed by atoms with E-state index in [2.05, 4.69) is 4.74 Å². The van der Waals surface area contributed by atoms with Crippen molar-refractivity contribution in [2.24, 2.45) is 0 Å². The maximum Gasteiger partial charge on any atom is 0.461 e. The van der Waals surface area contributed by atoms with E-state index in [1.807, 2.05) is 32.0 Å². The fourth-order valence-electron chi connectivity index (χ4n) is 4.56. The number of aliphatic hydroxyl groups is 1. The molecule has 11 heteroatoms. The number of alkyl halides is 7. The van der Waals surface area contributed by atoms with E-state index < -0.39 is 36.1 Å². The van der Waals surface area contributed by atoms with Crippen molar-refractivity contribution < 1.29 is 45.3 Å². The van der Waals surface area contributed by atoms with Gasteiger partial charge in [-0.3, -0.25) is 0 Å². The lowest BCUT2D eigenvalue weighted by atomic mass is 10.0. The molecule has 1 unspecified atom stereocenters. The second kappa shape index (κ2) is 13.6. The zero-order chi connectivity index (χ0) is 32.1. The summed E-state index contributed by atoms with van der Waals surface area (Å²) in [6, 6.07) is 23.7. The van der Waals surface area contributed by atoms with Crippen LogP contribution in [0.5, 0.6) is 17.2 Å². The van der Waals surface area contributed by atoms with E-state index in [4.69, 9.17) is 4.74 Å². The van der Waals surface area contributed by atoms with Gasteiger partial charge in [0.25, 0.3) is 0 Å². The van der Waals surface area contributed by atoms with Crippen molar-refractivity contribution in [1.29, 1.82) is 0 Å². The fraction of sp³-hybridized carbons (Fsp3) is 0.273. The Morgan fingerprint density at radius 2 is 1.39 bits per heavy atom. The van der Waals surface area contributed by atoms with Crippen LogP contribution in [0.3, 0.4) is 0 Å². The molecule has 0 heterocycles. The van der Waals surface area contributed by atoms with Crippen LogP contribution in [0.25, 0.3) is 0 Å². The molecule has 0 bridgehead atoms. The van der Waals surface area contributed by atoms with Gasteiger partial charge in [-0.25, -0.2) is 0 Å². The van der Waals surface area contributed by atoms with E-state index in [-0.39, 0.29) is 24.6 Å². The Balaban J connectivity index is 1.67. The highest BCUT2D eigenvalue weighted by Crippen LogP contribution is 2.36. The lowest BCUT2D eigenvalue weighted by Gasteiger charge is -2.29. The number of anilines is 1. The lowest BCUT2D eigenvalue weighted by molar-refractivity contribution is -0.253. The zero-order valence-corrected chi connectivity index (χ0v) is 23.7. The number of hydrogen-bond acceptors (Lipinski definition) is 4. The predicted molar refractivity (Wildman–Crippen MR) is 153 cm³/mol. The normalized spacial score (nSPS) is 12.8. The van der Waals surface area contributed by atoms with Crippen molar-refractivity contribution in [2.75, 3.05) is 11.4 Å². The Morgan fingerprint density at radius 3 is 2.07 bits per heavy atom. The maximum absolute atomic E-state index is 13.7. The van der Waals surface area contributed by atoms with Crippen LogP contribution in [0.1, 0.15) is 48.1 Å². The molecule has 0 spiro atoms. The highest BCUT2D eigenvalue weighted by molar-refractivity contribution is 5.53. The van der Waals surface area contributed by atoms with Gasteiger partial charge in [0, 0.05) is 24.8 Å². The average Bonchev–Trinajstić information content (AvgIpc) is 2.96. The molecule has 4 aromatic rings. The SMILES string of the molecule is CC(C)c1cccc(Oc2cccc(N(Cc3cccc(OC(F)(F)C(F)F)c3)CC(O)c3ccccc3C(F)(F)F)c2)c1. The first-order valence-corrected chi connectivity index (χ1v) is 13.6. The molecule has 0 saturated carbocycles. The van der Waals surface area contributed by atoms with Crippen LogP contribution in [-0.4, -0.2) is 24.2 Å². The average molecular weight is 622 g/mol. The van der Waals surface area contributed by atoms with Crippen LogP contribution in [0.15, 0.2) is 97.1 Å². The molecule has 0 aliphatic rings. The van der Waals surface area contributed by atoms with Crippen LogP contribution < -0.4 is 14.4 Å². The monoisotopic (exact) mass is 621 g/mol. The van der Waals surface area contributed by atoms with Gasteiger partial charge in [-0.05, 0) is 65.1 Å². The van der Waals surface area contributed by atoms with Gasteiger partial charge in [0.05, 0.1) is 11.7 Å². The fourth-order valence-corrected chi connectivity index (χ4v) is 4.56. The van der Waals surface area contributed by atoms with E-state index in [1.54, 1.807) is 30.3 Å². The van der Waals surface area contributed by atoms with Crippen molar-refractivity contribution in [3.8, 4) is 17.2 Å². The minimum absolute atomic E-state index is 0.116. The molecule has 234 valence electrons. The zero-order valence-electron chi connectivity index (χ0n) is 23.7. The van der Waals surface area contributed by atoms with E-state index >= 15 is 0 Å². The number of halogens is 7. The van der Waals surface area contributed by atoms with Gasteiger partial charge in [0.15, 0.2) is 0 Å². The Bertz CT molecular complexity index is 1540. The molecule has 0 radical (unpaired) electrons. The molecule has 1 atom stereocenters. The second-order valence-electron chi connectivity index (χ2n) is 10.4. The van der Waals surface area contributed by atoms with Crippen molar-refractivity contribution >= 4 is 5.69 Å². The molecule has 4 nitrogen and oxygen atoms in total. The van der Waals surface area contributed by atoms with Crippen LogP contribution >= 0.6 is 0 Å². The summed E-state index contributed by atoms with van der Waals surface area (Å²) in [7, 11) is 0. The summed E-state index contributed by atoms with van der Waals surface area (Å²) in [5, 5.41) is 11.0. The lowest BCUT2D eigenvalue weighted by Crippen LogP contribution is -2.33. The molecule has 44 heavy (non-hydrogen) atoms. The summed E-state index contributed by atoms with van der Waals surface area (Å²) >= 11 is 0. The quantitative estimate of drug-likeness (QED) is 0.160. The Morgan fingerprint density at radius 1 is 0.750 bits per heavy atom. The number of ether oxygens (including phenoxy) is 2. The van der Waals surface area contributed by atoms with Crippen molar-refractivity contribution in [3.63, 3.8) is 0 Å². The minimum Gasteiger partial charge on any atom is -0.457 e. The number of aliphatic hydroxyl groups excluding tert-OH is 1. The number of rotatable bonds is 12. The van der Waals surface area contributed by atoms with Gasteiger partial charge in [-0.1, -0.05) is 62.4 Å². The molecule has 0 saturated heterocycles. The summed E-state index contributed by atoms with van der Waals surface area (Å²) < 4.78 is 104. The van der Waals surface area contributed by atoms with Crippen LogP contribution in [0.4, 0.5) is 36.4 Å². The third-order valence-electron chi connectivity index (χ3n) is 6.74. The van der Waals surface area contributed by atoms with Gasteiger partial charge in [-0.2, -0.15) is 30.7 Å². The highest BCUT2D eigenvalue weighted by atomic mass is 19.4. The number of benzene rings is 4. The summed E-state index contributed by atoms with van der Waals surface area (Å²) in [5.74, 6) is 0.677. The predicted octanol–water partition coefficient (Wildman–Crippen LogP) is 9.60. The first-order chi connectivity index (χ1) is 20.7. The molecule has 4 aromatic carbocycles. The Kier molecular flexibility index (Phi) is 10.1. The summed E-state index contributed by atoms with van der Waals surface area (Å²) in [6.45, 7) is 3.61. The van der Waals surface area contributed by atoms with Gasteiger partial charge in [0.2, 0.25) is 0 Å². The number of nitrogens with zero attached hydrogens (tertiary/aromatic N) is 1. The largest absolute Gasteiger partial charge is 0.461 e. The van der Waals surface area contributed by atoms with E-state index in [1.165, 1.54) is 35.2 Å². The van der Waals surface area contributed by atoms with Gasteiger partial charge < -0.3 is 19.5 Å². The maximum atomic E-state index is 13.7. The summed E-state index contributed by atoms with van der Waals surface area (Å²) in [5.41, 5.74) is 0.428. The Labute approximate surface area is 250 Å². The Hall–Kier alpha value is -4.25. The first kappa shape index (κ1) is 32.7. The van der Waals surface area contributed by atoms with Crippen LogP contribution in [0.2, 0.25) is 0 Å². The second-order valence-corrected chi connectivity index (χ2v) is 10.4. The molecule has 0 aromatic heterocycles. The van der Waals surface area contributed by atoms with Gasteiger partial charge in [0.1, 0.15) is 17.2 Å². The van der Waals surface area contributed by atoms with Gasteiger partial charge >= 0.3 is 18.7 Å². The molecular weight excluding hydrogens is 591 g/mol. The minimum atomic E-state index is -4.73. The standard InChI is InChI=1S/C33H30F7NO3/c1-21(2)23-9-6-11-25(17-23)43-26-12-7-10-24(18-26)41(20-30(42)28-14-3-4-15-29(28)32(36,37)38)19-22-8-5-13-27(16-22)44-33(39,40)31(34)35/h3-18,21,30-31,42H,19-20H2,1-2H3. The third-order valence-corrected chi connectivity index (χ3v) is 6.74. The van der Waals surface area contributed by atoms with Crippen LogP contribution in [-0.2, 0) is 12.7 Å². The third kappa shape index (κ3) is 8.43. The summed E-state index contributed by atoms with van der Waals surface area (Å²) in [4.78, 5) is 1.53. The molecule has 0 aliphatic heterocycles. The van der Waals surface area contributed by atoms with E-state index in [9.17, 15) is 35.8 Å².